The molecule has 31 heavy (non-hydrogen) atoms. The summed E-state index contributed by atoms with van der Waals surface area (Å²) in [7, 11) is 1.82. The molecule has 2 aromatic heterocycles. The fraction of sp³-hybridized carbons (Fsp3) is 0.238. The number of thiophene rings is 1. The van der Waals surface area contributed by atoms with Gasteiger partial charge >= 0.3 is 0 Å². The Morgan fingerprint density at radius 2 is 1.90 bits per heavy atom. The van der Waals surface area contributed by atoms with Crippen molar-refractivity contribution in [2.24, 2.45) is 5.73 Å². The number of hydrogen-bond acceptors (Lipinski definition) is 6. The second-order valence-electron chi connectivity index (χ2n) is 7.56. The van der Waals surface area contributed by atoms with Crippen LogP contribution in [0.25, 0.3) is 0 Å². The van der Waals surface area contributed by atoms with E-state index in [1.807, 2.05) is 29.9 Å². The molecule has 2 aliphatic heterocycles. The summed E-state index contributed by atoms with van der Waals surface area (Å²) in [5, 5.41) is 7.26. The van der Waals surface area contributed by atoms with Gasteiger partial charge in [-0.1, -0.05) is 0 Å². The number of rotatable bonds is 4. The number of benzene rings is 1. The maximum atomic E-state index is 12.5. The number of primary amides is 1. The minimum atomic E-state index is -0.556. The molecular weight excluding hydrogens is 416 g/mol. The third-order valence-electron chi connectivity index (χ3n) is 5.58. The first-order chi connectivity index (χ1) is 14.9. The summed E-state index contributed by atoms with van der Waals surface area (Å²) in [5.74, 6) is 0.473. The highest BCUT2D eigenvalue weighted by Gasteiger charge is 2.27. The van der Waals surface area contributed by atoms with Crippen LogP contribution in [0.15, 0.2) is 36.4 Å². The van der Waals surface area contributed by atoms with Crippen molar-refractivity contribution in [1.29, 1.82) is 0 Å². The summed E-state index contributed by atoms with van der Waals surface area (Å²) >= 11 is 1.05. The molecule has 3 amide bonds. The standard InChI is InChI=1S/C21H20N6O3S/c1-25-7-6-12-10-13(2-3-14(12)21(25)30)26-8-9-27-18(26)11-17(24-27)23-20(29)16-5-4-15(31-16)19(22)28/h2-5,10-11H,6-9H2,1H3,(H2,22,28)(H,23,24,29). The van der Waals surface area contributed by atoms with E-state index in [0.29, 0.717) is 28.7 Å². The summed E-state index contributed by atoms with van der Waals surface area (Å²) in [6.07, 6.45) is 0.827. The number of carbonyl (C=O) groups excluding carboxylic acids is 3. The van der Waals surface area contributed by atoms with E-state index in [4.69, 9.17) is 5.73 Å². The lowest BCUT2D eigenvalue weighted by atomic mass is 9.98. The molecule has 9 nitrogen and oxygen atoms in total. The molecule has 0 unspecified atom stereocenters. The fourth-order valence-corrected chi connectivity index (χ4v) is 4.70. The Hall–Kier alpha value is -3.66. The number of hydrogen-bond donors (Lipinski definition) is 2. The van der Waals surface area contributed by atoms with E-state index in [1.54, 1.807) is 11.0 Å². The van der Waals surface area contributed by atoms with Gasteiger partial charge < -0.3 is 20.9 Å². The molecule has 0 saturated carbocycles. The van der Waals surface area contributed by atoms with Crippen molar-refractivity contribution in [3.63, 3.8) is 0 Å². The molecule has 10 heteroatoms. The first-order valence-corrected chi connectivity index (χ1v) is 10.7. The van der Waals surface area contributed by atoms with Crippen molar-refractivity contribution in [2.45, 2.75) is 13.0 Å². The van der Waals surface area contributed by atoms with Crippen LogP contribution in [0, 0.1) is 0 Å². The van der Waals surface area contributed by atoms with Crippen LogP contribution in [0.3, 0.4) is 0 Å². The number of likely N-dealkylation sites (N-methyl/N-ethyl adjacent to an activating group) is 1. The van der Waals surface area contributed by atoms with Gasteiger partial charge in [0.25, 0.3) is 17.7 Å². The molecule has 4 heterocycles. The van der Waals surface area contributed by atoms with Crippen LogP contribution in [0.1, 0.15) is 35.3 Å². The largest absolute Gasteiger partial charge is 0.365 e. The van der Waals surface area contributed by atoms with E-state index in [-0.39, 0.29) is 11.8 Å². The first-order valence-electron chi connectivity index (χ1n) is 9.85. The normalized spacial score (nSPS) is 15.1. The summed E-state index contributed by atoms with van der Waals surface area (Å²) in [6.45, 7) is 2.16. The maximum Gasteiger partial charge on any atom is 0.266 e. The lowest BCUT2D eigenvalue weighted by molar-refractivity contribution is 0.0780. The van der Waals surface area contributed by atoms with Gasteiger partial charge in [-0.2, -0.15) is 5.10 Å². The Morgan fingerprint density at radius 1 is 1.10 bits per heavy atom. The number of carbonyl (C=O) groups is 3. The first kappa shape index (κ1) is 19.3. The van der Waals surface area contributed by atoms with Crippen LogP contribution < -0.4 is 16.0 Å². The van der Waals surface area contributed by atoms with Gasteiger partial charge in [0, 0.05) is 37.5 Å². The monoisotopic (exact) mass is 436 g/mol. The average Bonchev–Trinajstić information content (AvgIpc) is 3.46. The molecule has 158 valence electrons. The van der Waals surface area contributed by atoms with Gasteiger partial charge in [0.05, 0.1) is 16.3 Å². The van der Waals surface area contributed by atoms with Crippen molar-refractivity contribution >= 4 is 46.4 Å². The van der Waals surface area contributed by atoms with E-state index in [1.165, 1.54) is 6.07 Å². The minimum absolute atomic E-state index is 0.0531. The van der Waals surface area contributed by atoms with Gasteiger partial charge in [0.1, 0.15) is 5.82 Å². The zero-order valence-corrected chi connectivity index (χ0v) is 17.6. The molecular formula is C21H20N6O3S. The molecule has 1 aromatic carbocycles. The third-order valence-corrected chi connectivity index (χ3v) is 6.68. The highest BCUT2D eigenvalue weighted by molar-refractivity contribution is 7.16. The van der Waals surface area contributed by atoms with Crippen LogP contribution in [-0.2, 0) is 13.0 Å². The van der Waals surface area contributed by atoms with Gasteiger partial charge in [-0.05, 0) is 42.3 Å². The van der Waals surface area contributed by atoms with E-state index >= 15 is 0 Å². The highest BCUT2D eigenvalue weighted by Crippen LogP contribution is 2.34. The molecule has 0 fully saturated rings. The molecule has 0 aliphatic carbocycles. The summed E-state index contributed by atoms with van der Waals surface area (Å²) in [6, 6.07) is 10.8. The Bertz CT molecular complexity index is 1230. The summed E-state index contributed by atoms with van der Waals surface area (Å²) in [4.78, 5) is 40.7. The Balaban J connectivity index is 1.36. The fourth-order valence-electron chi connectivity index (χ4n) is 3.95. The van der Waals surface area contributed by atoms with Crippen LogP contribution in [-0.4, -0.2) is 52.5 Å². The molecule has 2 aliphatic rings. The summed E-state index contributed by atoms with van der Waals surface area (Å²) in [5.41, 5.74) is 8.06. The zero-order valence-electron chi connectivity index (χ0n) is 16.8. The predicted octanol–water partition coefficient (Wildman–Crippen LogP) is 2.08. The zero-order chi connectivity index (χ0) is 21.7. The second kappa shape index (κ2) is 7.24. The van der Waals surface area contributed by atoms with E-state index in [2.05, 4.69) is 21.4 Å². The van der Waals surface area contributed by atoms with Gasteiger partial charge in [-0.3, -0.25) is 14.4 Å². The van der Waals surface area contributed by atoms with E-state index < -0.39 is 5.91 Å². The molecule has 0 radical (unpaired) electrons. The number of nitrogens with zero attached hydrogens (tertiary/aromatic N) is 4. The Kier molecular flexibility index (Phi) is 4.51. The number of nitrogens with one attached hydrogen (secondary N) is 1. The number of anilines is 3. The van der Waals surface area contributed by atoms with Crippen LogP contribution >= 0.6 is 11.3 Å². The molecule has 0 spiro atoms. The quantitative estimate of drug-likeness (QED) is 0.650. The van der Waals surface area contributed by atoms with Crippen LogP contribution in [0.4, 0.5) is 17.3 Å². The van der Waals surface area contributed by atoms with Crippen molar-refractivity contribution in [2.75, 3.05) is 30.4 Å². The number of nitrogens with two attached hydrogens (primary N) is 1. The van der Waals surface area contributed by atoms with Gasteiger partial charge in [0.2, 0.25) is 0 Å². The van der Waals surface area contributed by atoms with Crippen molar-refractivity contribution < 1.29 is 14.4 Å². The van der Waals surface area contributed by atoms with Gasteiger partial charge in [-0.15, -0.1) is 11.3 Å². The number of aromatic nitrogens is 2. The summed E-state index contributed by atoms with van der Waals surface area (Å²) < 4.78 is 1.84. The lowest BCUT2D eigenvalue weighted by Gasteiger charge is -2.26. The van der Waals surface area contributed by atoms with Gasteiger partial charge in [0.15, 0.2) is 5.82 Å². The Morgan fingerprint density at radius 3 is 2.68 bits per heavy atom. The number of fused-ring (bicyclic) bond motifs is 2. The Labute approximate surface area is 182 Å². The van der Waals surface area contributed by atoms with Gasteiger partial charge in [-0.25, -0.2) is 4.68 Å². The van der Waals surface area contributed by atoms with Crippen molar-refractivity contribution in [3.8, 4) is 0 Å². The molecule has 0 atom stereocenters. The maximum absolute atomic E-state index is 12.5. The van der Waals surface area contributed by atoms with Crippen LogP contribution in [0.5, 0.6) is 0 Å². The van der Waals surface area contributed by atoms with Crippen molar-refractivity contribution in [1.82, 2.24) is 14.7 Å². The molecule has 0 bridgehead atoms. The van der Waals surface area contributed by atoms with E-state index in [0.717, 1.165) is 46.9 Å². The average molecular weight is 436 g/mol. The minimum Gasteiger partial charge on any atom is -0.365 e. The van der Waals surface area contributed by atoms with E-state index in [9.17, 15) is 14.4 Å². The predicted molar refractivity (Wildman–Crippen MR) is 117 cm³/mol. The third kappa shape index (κ3) is 3.34. The topological polar surface area (TPSA) is 114 Å². The molecule has 3 aromatic rings. The molecule has 0 saturated heterocycles. The lowest BCUT2D eigenvalue weighted by Crippen LogP contribution is -2.34. The van der Waals surface area contributed by atoms with Crippen molar-refractivity contribution in [3.05, 3.63) is 57.3 Å². The molecule has 3 N–H and O–H groups in total. The highest BCUT2D eigenvalue weighted by atomic mass is 32.1. The van der Waals surface area contributed by atoms with Crippen LogP contribution in [0.2, 0.25) is 0 Å². The SMILES string of the molecule is CN1CCc2cc(N3CCn4nc(NC(=O)c5ccc(C(N)=O)s5)cc43)ccc2C1=O. The molecule has 5 rings (SSSR count). The smallest absolute Gasteiger partial charge is 0.266 e. The second-order valence-corrected chi connectivity index (χ2v) is 8.65. The number of amides is 3.